The van der Waals surface area contributed by atoms with Crippen LogP contribution in [0.2, 0.25) is 0 Å². The largest absolute Gasteiger partial charge is 0.507 e. The lowest BCUT2D eigenvalue weighted by molar-refractivity contribution is -0.119. The molecular weight excluding hydrogens is 194 g/mol. The predicted molar refractivity (Wildman–Crippen MR) is 56.0 cm³/mol. The number of rotatable bonds is 3. The molecule has 15 heavy (non-hydrogen) atoms. The highest BCUT2D eigenvalue weighted by Gasteiger charge is 2.11. The van der Waals surface area contributed by atoms with Crippen molar-refractivity contribution in [3.8, 4) is 5.75 Å². The summed E-state index contributed by atoms with van der Waals surface area (Å²) < 4.78 is 0. The number of amides is 1. The first-order valence-electron chi connectivity index (χ1n) is 4.33. The van der Waals surface area contributed by atoms with Crippen LogP contribution in [0.5, 0.6) is 5.75 Å². The van der Waals surface area contributed by atoms with Crippen molar-refractivity contribution in [3.05, 3.63) is 35.4 Å². The van der Waals surface area contributed by atoms with Crippen molar-refractivity contribution in [1.29, 1.82) is 0 Å². The Kier molecular flexibility index (Phi) is 3.23. The van der Waals surface area contributed by atoms with Crippen LogP contribution >= 0.6 is 0 Å². The first-order valence-corrected chi connectivity index (χ1v) is 4.33. The molecule has 0 aromatic heterocycles. The molecule has 1 rings (SSSR count). The maximum atomic E-state index is 11.1. The Bertz CT molecular complexity index is 419. The maximum absolute atomic E-state index is 11.1. The van der Waals surface area contributed by atoms with E-state index >= 15 is 0 Å². The smallest absolute Gasteiger partial charge is 0.252 e. The average molecular weight is 205 g/mol. The van der Waals surface area contributed by atoms with Crippen LogP contribution in [-0.2, 0) is 9.59 Å². The normalized spacial score (nSPS) is 11.1. The van der Waals surface area contributed by atoms with Crippen LogP contribution in [0.25, 0.3) is 6.08 Å². The standard InChI is InChI=1S/C11H11NO3/c1-7(13)9(11(12)15)6-8-4-2-3-5-10(8)14/h2-6,14H,1H3,(H2,12,15)/b9-6-. The summed E-state index contributed by atoms with van der Waals surface area (Å²) in [6.07, 6.45) is 1.28. The molecule has 1 amide bonds. The molecule has 0 aliphatic rings. The molecule has 0 spiro atoms. The number of hydrogen-bond acceptors (Lipinski definition) is 3. The van der Waals surface area contributed by atoms with Crippen molar-refractivity contribution in [2.75, 3.05) is 0 Å². The van der Waals surface area contributed by atoms with Gasteiger partial charge in [0.2, 0.25) is 0 Å². The van der Waals surface area contributed by atoms with Gasteiger partial charge in [0.05, 0.1) is 5.57 Å². The van der Waals surface area contributed by atoms with Gasteiger partial charge < -0.3 is 10.8 Å². The van der Waals surface area contributed by atoms with Crippen LogP contribution in [0, 0.1) is 0 Å². The van der Waals surface area contributed by atoms with Crippen LogP contribution in [0.15, 0.2) is 29.8 Å². The lowest BCUT2D eigenvalue weighted by Crippen LogP contribution is -2.18. The lowest BCUT2D eigenvalue weighted by Gasteiger charge is -2.00. The summed E-state index contributed by atoms with van der Waals surface area (Å²) in [4.78, 5) is 22.0. The van der Waals surface area contributed by atoms with Gasteiger partial charge in [-0.2, -0.15) is 0 Å². The highest BCUT2D eigenvalue weighted by Crippen LogP contribution is 2.19. The van der Waals surface area contributed by atoms with Gasteiger partial charge in [-0.15, -0.1) is 0 Å². The quantitative estimate of drug-likeness (QED) is 0.436. The summed E-state index contributed by atoms with van der Waals surface area (Å²) in [5.74, 6) is -1.23. The monoisotopic (exact) mass is 205 g/mol. The predicted octanol–water partition coefficient (Wildman–Crippen LogP) is 0.850. The highest BCUT2D eigenvalue weighted by molar-refractivity contribution is 6.21. The van der Waals surface area contributed by atoms with Gasteiger partial charge >= 0.3 is 0 Å². The van der Waals surface area contributed by atoms with Crippen LogP contribution < -0.4 is 5.73 Å². The lowest BCUT2D eigenvalue weighted by atomic mass is 10.1. The van der Waals surface area contributed by atoms with Gasteiger partial charge in [0.15, 0.2) is 5.78 Å². The van der Waals surface area contributed by atoms with Crippen molar-refractivity contribution < 1.29 is 14.7 Å². The van der Waals surface area contributed by atoms with Crippen LogP contribution in [-0.4, -0.2) is 16.8 Å². The zero-order valence-electron chi connectivity index (χ0n) is 8.23. The van der Waals surface area contributed by atoms with E-state index in [-0.39, 0.29) is 11.3 Å². The molecule has 0 unspecified atom stereocenters. The highest BCUT2D eigenvalue weighted by atomic mass is 16.3. The third-order valence-corrected chi connectivity index (χ3v) is 1.88. The number of phenols is 1. The molecule has 0 saturated heterocycles. The van der Waals surface area contributed by atoms with Gasteiger partial charge in [0.25, 0.3) is 5.91 Å². The van der Waals surface area contributed by atoms with Crippen molar-refractivity contribution in [1.82, 2.24) is 0 Å². The summed E-state index contributed by atoms with van der Waals surface area (Å²) in [5.41, 5.74) is 5.29. The second-order valence-electron chi connectivity index (χ2n) is 3.04. The molecule has 4 nitrogen and oxygen atoms in total. The summed E-state index contributed by atoms with van der Waals surface area (Å²) in [6.45, 7) is 1.25. The SMILES string of the molecule is CC(=O)/C(=C/c1ccccc1O)C(N)=O. The zero-order chi connectivity index (χ0) is 11.4. The Labute approximate surface area is 87.0 Å². The van der Waals surface area contributed by atoms with Gasteiger partial charge in [-0.3, -0.25) is 9.59 Å². The van der Waals surface area contributed by atoms with E-state index in [0.717, 1.165) is 0 Å². The molecule has 0 aliphatic heterocycles. The first kappa shape index (κ1) is 11.0. The number of primary amides is 1. The number of carbonyl (C=O) groups excluding carboxylic acids is 2. The number of para-hydroxylation sites is 1. The second kappa shape index (κ2) is 4.41. The molecule has 78 valence electrons. The topological polar surface area (TPSA) is 80.4 Å². The van der Waals surface area contributed by atoms with E-state index < -0.39 is 11.7 Å². The molecule has 0 bridgehead atoms. The Morgan fingerprint density at radius 3 is 2.40 bits per heavy atom. The fourth-order valence-electron chi connectivity index (χ4n) is 1.11. The Hall–Kier alpha value is -2.10. The van der Waals surface area contributed by atoms with Crippen molar-refractivity contribution in [2.45, 2.75) is 6.92 Å². The van der Waals surface area contributed by atoms with Gasteiger partial charge in [0.1, 0.15) is 5.75 Å². The molecule has 0 heterocycles. The minimum Gasteiger partial charge on any atom is -0.507 e. The molecule has 0 aliphatic carbocycles. The van der Waals surface area contributed by atoms with E-state index in [0.29, 0.717) is 5.56 Å². The fourth-order valence-corrected chi connectivity index (χ4v) is 1.11. The van der Waals surface area contributed by atoms with Gasteiger partial charge in [0, 0.05) is 5.56 Å². The van der Waals surface area contributed by atoms with Crippen molar-refractivity contribution >= 4 is 17.8 Å². The molecule has 1 aromatic rings. The minimum atomic E-state index is -0.800. The summed E-state index contributed by atoms with van der Waals surface area (Å²) >= 11 is 0. The second-order valence-corrected chi connectivity index (χ2v) is 3.04. The number of Topliss-reactive ketones (excluding diaryl/α,β-unsaturated/α-hetero) is 1. The number of benzene rings is 1. The van der Waals surface area contributed by atoms with E-state index in [1.54, 1.807) is 18.2 Å². The average Bonchev–Trinajstić information content (AvgIpc) is 2.15. The Morgan fingerprint density at radius 1 is 1.33 bits per heavy atom. The van der Waals surface area contributed by atoms with Crippen molar-refractivity contribution in [2.24, 2.45) is 5.73 Å². The molecule has 0 saturated carbocycles. The zero-order valence-corrected chi connectivity index (χ0v) is 8.23. The van der Waals surface area contributed by atoms with Gasteiger partial charge in [-0.1, -0.05) is 18.2 Å². The summed E-state index contributed by atoms with van der Waals surface area (Å²) in [5, 5.41) is 9.41. The van der Waals surface area contributed by atoms with Crippen LogP contribution in [0.3, 0.4) is 0 Å². The number of carbonyl (C=O) groups is 2. The van der Waals surface area contributed by atoms with Gasteiger partial charge in [-0.05, 0) is 19.1 Å². The van der Waals surface area contributed by atoms with Gasteiger partial charge in [-0.25, -0.2) is 0 Å². The fraction of sp³-hybridized carbons (Fsp3) is 0.0909. The molecule has 0 radical (unpaired) electrons. The number of ketones is 1. The van der Waals surface area contributed by atoms with Crippen LogP contribution in [0.1, 0.15) is 12.5 Å². The Morgan fingerprint density at radius 2 is 1.93 bits per heavy atom. The van der Waals surface area contributed by atoms with E-state index in [4.69, 9.17) is 5.73 Å². The summed E-state index contributed by atoms with van der Waals surface area (Å²) in [7, 11) is 0. The third kappa shape index (κ3) is 2.67. The molecular formula is C11H11NO3. The number of nitrogens with two attached hydrogens (primary N) is 1. The minimum absolute atomic E-state index is 0.00231. The molecule has 0 atom stereocenters. The van der Waals surface area contributed by atoms with E-state index in [9.17, 15) is 14.7 Å². The Balaban J connectivity index is 3.19. The van der Waals surface area contributed by atoms with E-state index in [1.165, 1.54) is 19.1 Å². The molecule has 1 aromatic carbocycles. The number of aromatic hydroxyl groups is 1. The number of hydrogen-bond donors (Lipinski definition) is 2. The molecule has 3 N–H and O–H groups in total. The van der Waals surface area contributed by atoms with Crippen molar-refractivity contribution in [3.63, 3.8) is 0 Å². The molecule has 4 heteroatoms. The summed E-state index contributed by atoms with van der Waals surface area (Å²) in [6, 6.07) is 6.38. The maximum Gasteiger partial charge on any atom is 0.252 e. The van der Waals surface area contributed by atoms with E-state index in [1.807, 2.05) is 0 Å². The first-order chi connectivity index (χ1) is 7.02. The molecule has 0 fully saturated rings. The number of phenolic OH excluding ortho intramolecular Hbond substituents is 1. The van der Waals surface area contributed by atoms with E-state index in [2.05, 4.69) is 0 Å². The van der Waals surface area contributed by atoms with Crippen LogP contribution in [0.4, 0.5) is 0 Å². The third-order valence-electron chi connectivity index (χ3n) is 1.88.